The fourth-order valence-electron chi connectivity index (χ4n) is 14.0. The van der Waals surface area contributed by atoms with Crippen molar-refractivity contribution in [1.82, 2.24) is 0 Å². The molecule has 10 unspecified atom stereocenters. The third-order valence-electron chi connectivity index (χ3n) is 20.5. The van der Waals surface area contributed by atoms with Crippen LogP contribution in [0.1, 0.15) is 104 Å². The third-order valence-corrected chi connectivity index (χ3v) is 20.5. The molecule has 53 nitrogen and oxygen atoms in total. The van der Waals surface area contributed by atoms with Gasteiger partial charge >= 0.3 is 59.7 Å². The van der Waals surface area contributed by atoms with Crippen molar-refractivity contribution in [3.8, 4) is 206 Å². The molecule has 0 bridgehead atoms. The maximum atomic E-state index is 15.5. The number of carboxylic acid groups (broad SMARTS) is 1. The Morgan fingerprint density at radius 3 is 0.896 bits per heavy atom. The summed E-state index contributed by atoms with van der Waals surface area (Å²) in [6.07, 6.45) is -28.0. The van der Waals surface area contributed by atoms with Crippen molar-refractivity contribution < 1.29 is 263 Å². The molecule has 4 aliphatic heterocycles. The monoisotopic (exact) mass is 1890 g/mol. The van der Waals surface area contributed by atoms with Gasteiger partial charge in [-0.2, -0.15) is 0 Å². The highest BCUT2D eigenvalue weighted by Crippen LogP contribution is 2.59. The largest absolute Gasteiger partial charge is 0.504 e. The van der Waals surface area contributed by atoms with E-state index in [4.69, 9.17) is 61.6 Å². The number of aromatic hydroxyl groups is 28. The zero-order valence-corrected chi connectivity index (χ0v) is 66.1. The average Bonchev–Trinajstić information content (AvgIpc) is 1.73. The third kappa shape index (κ3) is 16.4. The second-order valence-electron chi connectivity index (χ2n) is 28.9. The normalized spacial score (nSPS) is 19.0. The summed E-state index contributed by atoms with van der Waals surface area (Å²) < 4.78 is 73.4. The van der Waals surface area contributed by atoms with Gasteiger partial charge in [-0.05, 0) is 60.7 Å². The Kier molecular flexibility index (Phi) is 23.4. The number of benzene rings is 10. The molecule has 10 atom stereocenters. The van der Waals surface area contributed by atoms with E-state index in [1.165, 1.54) is 0 Å². The average molecular weight is 1890 g/mol. The molecule has 0 radical (unpaired) electrons. The molecule has 2 saturated heterocycles. The number of aliphatic hydroxyl groups excluding tert-OH is 1. The molecule has 30 N–H and O–H groups in total. The molecule has 135 heavy (non-hydrogen) atoms. The van der Waals surface area contributed by atoms with E-state index in [0.717, 1.165) is 0 Å². The van der Waals surface area contributed by atoms with Gasteiger partial charge in [-0.25, -0.2) is 47.9 Å². The van der Waals surface area contributed by atoms with E-state index >= 15 is 24.0 Å². The van der Waals surface area contributed by atoms with Gasteiger partial charge in [0.05, 0.1) is 44.5 Å². The van der Waals surface area contributed by atoms with Gasteiger partial charge in [0.1, 0.15) is 36.5 Å². The van der Waals surface area contributed by atoms with Gasteiger partial charge in [0.2, 0.25) is 58.4 Å². The topological polar surface area (TPSA) is 898 Å². The molecule has 0 aromatic heterocycles. The molecule has 704 valence electrons. The molecule has 10 aromatic carbocycles. The van der Waals surface area contributed by atoms with Crippen LogP contribution < -0.4 is 9.47 Å². The number of carbonyl (C=O) groups excluding carboxylic acids is 9. The molecule has 4 aliphatic rings. The Morgan fingerprint density at radius 1 is 0.274 bits per heavy atom. The predicted octanol–water partition coefficient (Wildman–Crippen LogP) is 3.65. The minimum atomic E-state index is -3.20. The molecular weight excluding hydrogens is 1830 g/mol. The van der Waals surface area contributed by atoms with Gasteiger partial charge in [0.25, 0.3) is 0 Å². The quantitative estimate of drug-likeness (QED) is 0.0395. The van der Waals surface area contributed by atoms with Crippen LogP contribution >= 0.6 is 0 Å². The van der Waals surface area contributed by atoms with Crippen molar-refractivity contribution >= 4 is 59.7 Å². The van der Waals surface area contributed by atoms with Crippen LogP contribution in [-0.4, -0.2) is 288 Å². The van der Waals surface area contributed by atoms with Gasteiger partial charge in [-0.1, -0.05) is 0 Å². The lowest BCUT2D eigenvalue weighted by Gasteiger charge is -2.43. The molecule has 0 amide bonds. The summed E-state index contributed by atoms with van der Waals surface area (Å²) in [6.45, 7) is -3.27. The SMILES string of the molecule is O=C(OC1C(O)OC2COC(=O)c3cc(Oc4c(C(=O)OC5OC6COC(=O)c7cc(Oc8c(C(=O)O)cc(O)c(O)c8O)c(O)c(O)c7-c7c(cc(O)c(O)c7O)C(=O)OC6C(OC(=O)c6cc(O)c(O)c(O)c6)C5OC(=O)c5cc(O)c(O)c(O)c5)cc(O)c(O)c4O)c(O)c(O)c3-c3c(cc(O)c(O)c3O)C(=O)OC2C1OC(=O)c1cc(O)c(O)c(O)c1)c1cc(O)c(O)c(O)c1. The first kappa shape index (κ1) is 92.0. The number of phenols is 28. The Hall–Kier alpha value is -19.2. The minimum absolute atomic E-state index is 0.0633. The van der Waals surface area contributed by atoms with Crippen LogP contribution in [-0.2, 0) is 52.1 Å². The first-order chi connectivity index (χ1) is 63.5. The zero-order valence-electron chi connectivity index (χ0n) is 66.1. The second kappa shape index (κ2) is 34.4. The van der Waals surface area contributed by atoms with E-state index in [0.29, 0.717) is 48.5 Å². The molecule has 14 rings (SSSR count). The highest BCUT2D eigenvalue weighted by Gasteiger charge is 2.58. The molecular formula is C82H58O53. The fraction of sp³-hybridized carbons (Fsp3) is 0.146. The molecule has 4 heterocycles. The van der Waals surface area contributed by atoms with E-state index in [2.05, 4.69) is 0 Å². The number of hydrogen-bond donors (Lipinski definition) is 30. The van der Waals surface area contributed by atoms with Crippen LogP contribution in [0, 0.1) is 0 Å². The highest BCUT2D eigenvalue weighted by atomic mass is 16.8. The number of fused-ring (bicyclic) bond motifs is 8. The number of aliphatic hydroxyl groups is 1. The smallest absolute Gasteiger partial charge is 0.344 e. The summed E-state index contributed by atoms with van der Waals surface area (Å²) in [7, 11) is 0. The summed E-state index contributed by atoms with van der Waals surface area (Å²) in [5, 5.41) is 328. The van der Waals surface area contributed by atoms with Crippen LogP contribution in [0.15, 0.2) is 84.9 Å². The molecule has 2 fully saturated rings. The van der Waals surface area contributed by atoms with Crippen LogP contribution in [0.2, 0.25) is 0 Å². The van der Waals surface area contributed by atoms with Crippen molar-refractivity contribution in [3.63, 3.8) is 0 Å². The molecule has 53 heteroatoms. The van der Waals surface area contributed by atoms with E-state index in [1.54, 1.807) is 0 Å². The maximum Gasteiger partial charge on any atom is 0.344 e. The standard InChI is InChI=1S/C82H58O53/c83-27-1-17(2-28(84)47(27)95)72(113)131-67-65-41(127-81(122)69(67)133-74(115)19-5-31(87)49(97)32(88)6-19)15-123-76(117)24-14-40(56(104)60(108)46(24)43-21(78(119)129-65)9-35(91)51(99)57(43)105)126-64-26(12-38(94)54(102)62(64)110)80(121)135-82-70(134-75(116)20-7-33(89)50(98)34(90)8-20)68(132-73(114)18-3-29(85)48(96)30(86)4-18)66-42(128-82)16-124-77(118)23-13-39(125-63-25(71(111)112)11-37(93)53(101)61(63)109)55(103)59(107)45(23)44-22(79(120)130-66)10-36(92)52(100)58(44)106/h1-14,41-42,65-70,81-110,122H,15-16H2,(H,111,112). The Labute approximate surface area is 741 Å². The second-order valence-corrected chi connectivity index (χ2v) is 28.9. The Balaban J connectivity index is 0.893. The van der Waals surface area contributed by atoms with Gasteiger partial charge in [0.15, 0.2) is 175 Å². The minimum Gasteiger partial charge on any atom is -0.504 e. The number of phenolic OH excluding ortho intramolecular Hbond substituents is 28. The number of esters is 9. The van der Waals surface area contributed by atoms with Crippen molar-refractivity contribution in [2.75, 3.05) is 13.2 Å². The molecule has 0 spiro atoms. The van der Waals surface area contributed by atoms with Gasteiger partial charge in [-0.15, -0.1) is 0 Å². The summed E-state index contributed by atoms with van der Waals surface area (Å²) in [5.41, 5.74) is -18.3. The molecule has 0 aliphatic carbocycles. The Morgan fingerprint density at radius 2 is 0.548 bits per heavy atom. The molecule has 10 aromatic rings. The lowest BCUT2D eigenvalue weighted by Crippen LogP contribution is -2.63. The van der Waals surface area contributed by atoms with E-state index < -0.39 is 396 Å². The van der Waals surface area contributed by atoms with Crippen LogP contribution in [0.4, 0.5) is 0 Å². The fourth-order valence-corrected chi connectivity index (χ4v) is 14.0. The first-order valence-corrected chi connectivity index (χ1v) is 37.2. The Bertz CT molecular complexity index is 6720. The number of carboxylic acids is 1. The zero-order chi connectivity index (χ0) is 98.6. The number of rotatable bonds is 15. The first-order valence-electron chi connectivity index (χ1n) is 37.2. The summed E-state index contributed by atoms with van der Waals surface area (Å²) in [4.78, 5) is 146. The van der Waals surface area contributed by atoms with Crippen molar-refractivity contribution in [2.45, 2.75) is 61.4 Å². The van der Waals surface area contributed by atoms with E-state index in [1.807, 2.05) is 0 Å². The van der Waals surface area contributed by atoms with Crippen LogP contribution in [0.25, 0.3) is 22.3 Å². The summed E-state index contributed by atoms with van der Waals surface area (Å²) >= 11 is 0. The number of carbonyl (C=O) groups is 10. The number of ether oxygens (including phenoxy) is 13. The van der Waals surface area contributed by atoms with Crippen molar-refractivity contribution in [2.24, 2.45) is 0 Å². The van der Waals surface area contributed by atoms with Crippen LogP contribution in [0.3, 0.4) is 0 Å². The summed E-state index contributed by atoms with van der Waals surface area (Å²) in [6, 6.07) is 4.37. The highest BCUT2D eigenvalue weighted by molar-refractivity contribution is 6.11. The summed E-state index contributed by atoms with van der Waals surface area (Å²) in [5.74, 6) is -68.6. The maximum absolute atomic E-state index is 15.5. The number of cyclic esters (lactones) is 2. The van der Waals surface area contributed by atoms with Gasteiger partial charge in [-0.3, -0.25) is 0 Å². The van der Waals surface area contributed by atoms with Gasteiger partial charge in [0, 0.05) is 46.5 Å². The van der Waals surface area contributed by atoms with Crippen molar-refractivity contribution in [1.29, 1.82) is 0 Å². The van der Waals surface area contributed by atoms with Crippen molar-refractivity contribution in [3.05, 3.63) is 141 Å². The van der Waals surface area contributed by atoms with E-state index in [9.17, 15) is 177 Å². The van der Waals surface area contributed by atoms with Crippen LogP contribution in [0.5, 0.6) is 184 Å². The lowest BCUT2D eigenvalue weighted by atomic mass is 9.91. The lowest BCUT2D eigenvalue weighted by molar-refractivity contribution is -0.284. The number of hydrogen-bond acceptors (Lipinski definition) is 52. The molecule has 0 saturated carbocycles. The van der Waals surface area contributed by atoms with Gasteiger partial charge < -0.3 is 215 Å². The number of aromatic carboxylic acids is 1. The predicted molar refractivity (Wildman–Crippen MR) is 417 cm³/mol. The van der Waals surface area contributed by atoms with E-state index in [-0.39, 0.29) is 36.4 Å².